The van der Waals surface area contributed by atoms with Crippen LogP contribution in [0.4, 0.5) is 0 Å². The summed E-state index contributed by atoms with van der Waals surface area (Å²) in [6.07, 6.45) is 7.04. The summed E-state index contributed by atoms with van der Waals surface area (Å²) in [5.41, 5.74) is 6.00. The molecule has 1 aromatic heterocycles. The van der Waals surface area contributed by atoms with Crippen LogP contribution < -0.4 is 11.1 Å². The first-order valence-electron chi connectivity index (χ1n) is 6.67. The molecule has 0 bridgehead atoms. The van der Waals surface area contributed by atoms with Crippen LogP contribution in [0.2, 0.25) is 0 Å². The van der Waals surface area contributed by atoms with Gasteiger partial charge in [0.2, 0.25) is 5.91 Å². The Kier molecular flexibility index (Phi) is 4.72. The molecule has 1 aliphatic rings. The molecule has 0 aromatic carbocycles. The van der Waals surface area contributed by atoms with Gasteiger partial charge in [-0.25, -0.2) is 4.98 Å². The van der Waals surface area contributed by atoms with E-state index >= 15 is 0 Å². The number of carbonyl (C=O) groups excluding carboxylic acids is 1. The minimum Gasteiger partial charge on any atom is -0.349 e. The number of nitrogens with zero attached hydrogens (tertiary/aromatic N) is 1. The van der Waals surface area contributed by atoms with E-state index in [0.717, 1.165) is 37.1 Å². The molecule has 5 heteroatoms. The van der Waals surface area contributed by atoms with Gasteiger partial charge in [0.25, 0.3) is 0 Å². The molecule has 1 heterocycles. The van der Waals surface area contributed by atoms with Crippen LogP contribution in [0.5, 0.6) is 0 Å². The lowest BCUT2D eigenvalue weighted by Gasteiger charge is -2.27. The molecule has 1 aliphatic carbocycles. The Morgan fingerprint density at radius 1 is 1.56 bits per heavy atom. The van der Waals surface area contributed by atoms with Gasteiger partial charge in [0.1, 0.15) is 5.01 Å². The second-order valence-corrected chi connectivity index (χ2v) is 6.05. The summed E-state index contributed by atoms with van der Waals surface area (Å²) >= 11 is 1.67. The molecule has 3 N–H and O–H groups in total. The van der Waals surface area contributed by atoms with Crippen LogP contribution in [0.15, 0.2) is 6.20 Å². The number of nitrogens with two attached hydrogens (primary N) is 1. The van der Waals surface area contributed by atoms with Gasteiger partial charge in [0.05, 0.1) is 12.5 Å². The molecule has 0 aliphatic heterocycles. The van der Waals surface area contributed by atoms with Crippen LogP contribution in [0.25, 0.3) is 0 Å². The molecule has 18 heavy (non-hydrogen) atoms. The molecule has 2 atom stereocenters. The van der Waals surface area contributed by atoms with E-state index in [-0.39, 0.29) is 17.9 Å². The molecule has 4 nitrogen and oxygen atoms in total. The predicted molar refractivity (Wildman–Crippen MR) is 73.3 cm³/mol. The number of aromatic nitrogens is 1. The van der Waals surface area contributed by atoms with E-state index < -0.39 is 0 Å². The van der Waals surface area contributed by atoms with Gasteiger partial charge in [0, 0.05) is 17.1 Å². The smallest absolute Gasteiger partial charge is 0.225 e. The first kappa shape index (κ1) is 13.5. The van der Waals surface area contributed by atoms with Crippen LogP contribution in [-0.4, -0.2) is 16.9 Å². The summed E-state index contributed by atoms with van der Waals surface area (Å²) in [5, 5.41) is 3.94. The van der Waals surface area contributed by atoms with Crippen molar-refractivity contribution in [1.29, 1.82) is 0 Å². The van der Waals surface area contributed by atoms with Gasteiger partial charge in [-0.05, 0) is 19.3 Å². The second-order valence-electron chi connectivity index (χ2n) is 4.85. The van der Waals surface area contributed by atoms with Crippen molar-refractivity contribution in [1.82, 2.24) is 10.3 Å². The van der Waals surface area contributed by atoms with Gasteiger partial charge in [-0.1, -0.05) is 19.8 Å². The van der Waals surface area contributed by atoms with E-state index in [1.54, 1.807) is 11.3 Å². The van der Waals surface area contributed by atoms with Crippen molar-refractivity contribution in [2.24, 2.45) is 11.7 Å². The topological polar surface area (TPSA) is 68.0 Å². The predicted octanol–water partition coefficient (Wildman–Crippen LogP) is 1.84. The Balaban J connectivity index is 1.83. The highest BCUT2D eigenvalue weighted by molar-refractivity contribution is 7.11. The maximum absolute atomic E-state index is 12.0. The number of hydrogen-bond acceptors (Lipinski definition) is 4. The van der Waals surface area contributed by atoms with Crippen molar-refractivity contribution in [2.75, 3.05) is 0 Å². The van der Waals surface area contributed by atoms with E-state index in [0.29, 0.717) is 6.54 Å². The summed E-state index contributed by atoms with van der Waals surface area (Å²) in [4.78, 5) is 17.6. The number of thiazole rings is 1. The van der Waals surface area contributed by atoms with E-state index in [4.69, 9.17) is 5.73 Å². The lowest BCUT2D eigenvalue weighted by molar-refractivity contribution is -0.126. The number of carbonyl (C=O) groups is 1. The van der Waals surface area contributed by atoms with Gasteiger partial charge in [-0.15, -0.1) is 11.3 Å². The van der Waals surface area contributed by atoms with Crippen LogP contribution >= 0.6 is 11.3 Å². The molecule has 1 aromatic rings. The zero-order valence-corrected chi connectivity index (χ0v) is 11.6. The van der Waals surface area contributed by atoms with E-state index in [1.807, 2.05) is 6.20 Å². The number of aryl methyl sites for hydroxylation is 1. The van der Waals surface area contributed by atoms with Crippen molar-refractivity contribution in [3.8, 4) is 0 Å². The van der Waals surface area contributed by atoms with Crippen molar-refractivity contribution in [3.63, 3.8) is 0 Å². The molecule has 1 saturated carbocycles. The monoisotopic (exact) mass is 267 g/mol. The van der Waals surface area contributed by atoms with Crippen LogP contribution in [-0.2, 0) is 17.8 Å². The summed E-state index contributed by atoms with van der Waals surface area (Å²) in [6, 6.07) is 0.0289. The number of amides is 1. The fourth-order valence-electron chi connectivity index (χ4n) is 2.37. The lowest BCUT2D eigenvalue weighted by Crippen LogP contribution is -2.43. The first-order chi connectivity index (χ1) is 8.70. The maximum Gasteiger partial charge on any atom is 0.225 e. The van der Waals surface area contributed by atoms with Crippen molar-refractivity contribution < 1.29 is 4.79 Å². The average Bonchev–Trinajstić information content (AvgIpc) is 2.84. The summed E-state index contributed by atoms with van der Waals surface area (Å²) < 4.78 is 0. The Morgan fingerprint density at radius 2 is 2.33 bits per heavy atom. The molecule has 0 radical (unpaired) electrons. The highest BCUT2D eigenvalue weighted by atomic mass is 32.1. The number of hydrogen-bond donors (Lipinski definition) is 2. The number of rotatable bonds is 4. The Hall–Kier alpha value is -0.940. The minimum atomic E-state index is -0.00985. The first-order valence-corrected chi connectivity index (χ1v) is 7.49. The van der Waals surface area contributed by atoms with Crippen molar-refractivity contribution >= 4 is 17.2 Å². The van der Waals surface area contributed by atoms with Gasteiger partial charge < -0.3 is 11.1 Å². The zero-order chi connectivity index (χ0) is 13.0. The van der Waals surface area contributed by atoms with E-state index in [2.05, 4.69) is 17.2 Å². The van der Waals surface area contributed by atoms with Gasteiger partial charge in [-0.3, -0.25) is 4.79 Å². The third-order valence-corrected chi connectivity index (χ3v) is 4.66. The molecule has 2 unspecified atom stereocenters. The normalized spacial score (nSPS) is 23.9. The lowest BCUT2D eigenvalue weighted by atomic mass is 9.84. The fourth-order valence-corrected chi connectivity index (χ4v) is 3.17. The highest BCUT2D eigenvalue weighted by Crippen LogP contribution is 2.23. The van der Waals surface area contributed by atoms with Gasteiger partial charge in [0.15, 0.2) is 0 Å². The van der Waals surface area contributed by atoms with Crippen LogP contribution in [0, 0.1) is 5.92 Å². The van der Waals surface area contributed by atoms with Crippen LogP contribution in [0.1, 0.15) is 42.5 Å². The Bertz CT molecular complexity index is 405. The summed E-state index contributed by atoms with van der Waals surface area (Å²) in [6.45, 7) is 2.64. The van der Waals surface area contributed by atoms with E-state index in [9.17, 15) is 4.79 Å². The molecule has 1 fully saturated rings. The Labute approximate surface area is 112 Å². The second kappa shape index (κ2) is 6.29. The SMILES string of the molecule is CCc1cnc(CNC(=O)C2CCCCC2N)s1. The summed E-state index contributed by atoms with van der Waals surface area (Å²) in [5.74, 6) is 0.0832. The minimum absolute atomic E-state index is 0.00985. The maximum atomic E-state index is 12.0. The molecule has 0 spiro atoms. The third kappa shape index (κ3) is 3.29. The van der Waals surface area contributed by atoms with Gasteiger partial charge in [-0.2, -0.15) is 0 Å². The zero-order valence-electron chi connectivity index (χ0n) is 10.8. The van der Waals surface area contributed by atoms with Crippen molar-refractivity contribution in [2.45, 2.75) is 51.6 Å². The molecular weight excluding hydrogens is 246 g/mol. The van der Waals surface area contributed by atoms with Crippen molar-refractivity contribution in [3.05, 3.63) is 16.1 Å². The largest absolute Gasteiger partial charge is 0.349 e. The third-order valence-electron chi connectivity index (χ3n) is 3.52. The molecule has 2 rings (SSSR count). The molecular formula is C13H21N3OS. The van der Waals surface area contributed by atoms with E-state index in [1.165, 1.54) is 4.88 Å². The molecule has 0 saturated heterocycles. The molecule has 100 valence electrons. The number of nitrogens with one attached hydrogen (secondary N) is 1. The Morgan fingerprint density at radius 3 is 3.00 bits per heavy atom. The summed E-state index contributed by atoms with van der Waals surface area (Å²) in [7, 11) is 0. The standard InChI is InChI=1S/C13H21N3OS/c1-2-9-7-15-12(18-9)8-16-13(17)10-5-3-4-6-11(10)14/h7,10-11H,2-6,8,14H2,1H3,(H,16,17). The fraction of sp³-hybridized carbons (Fsp3) is 0.692. The van der Waals surface area contributed by atoms with Crippen LogP contribution in [0.3, 0.4) is 0 Å². The average molecular weight is 267 g/mol. The van der Waals surface area contributed by atoms with Gasteiger partial charge >= 0.3 is 0 Å². The quantitative estimate of drug-likeness (QED) is 0.874. The molecule has 1 amide bonds. The highest BCUT2D eigenvalue weighted by Gasteiger charge is 2.27.